The van der Waals surface area contributed by atoms with E-state index in [-0.39, 0.29) is 0 Å². The number of ether oxygens (including phenoxy) is 6. The third-order valence-corrected chi connectivity index (χ3v) is 17.9. The van der Waals surface area contributed by atoms with E-state index in [4.69, 9.17) is 28.4 Å². The molecule has 0 aliphatic carbocycles. The van der Waals surface area contributed by atoms with Gasteiger partial charge in [0, 0.05) is 12.8 Å². The highest BCUT2D eigenvalue weighted by molar-refractivity contribution is 9.11. The third-order valence-electron chi connectivity index (χ3n) is 16.7. The molecule has 0 aliphatic heterocycles. The first-order chi connectivity index (χ1) is 45.0. The van der Waals surface area contributed by atoms with Gasteiger partial charge in [-0.3, -0.25) is 0 Å². The predicted molar refractivity (Wildman–Crippen MR) is 379 cm³/mol. The van der Waals surface area contributed by atoms with Crippen LogP contribution in [0.2, 0.25) is 0 Å². The summed E-state index contributed by atoms with van der Waals surface area (Å²) in [6.07, 6.45) is 27.2. The van der Waals surface area contributed by atoms with Gasteiger partial charge >= 0.3 is 11.9 Å². The van der Waals surface area contributed by atoms with Crippen LogP contribution < -0.4 is 28.4 Å². The molecule has 2 unspecified atom stereocenters. The average molecular weight is 1390 g/mol. The largest absolute Gasteiger partial charge is 0.494 e. The van der Waals surface area contributed by atoms with Crippen LogP contribution in [0.3, 0.4) is 0 Å². The molecular weight excluding hydrogens is 1290 g/mol. The number of unbranched alkanes of at least 4 members (excludes halogenated alkanes) is 20. The number of alkyl halides is 2. The number of carbonyl (C=O) groups is 2. The minimum atomic E-state index is -0.862. The summed E-state index contributed by atoms with van der Waals surface area (Å²) < 4.78 is 66.3. The summed E-state index contributed by atoms with van der Waals surface area (Å²) in [4.78, 5) is 25.6. The van der Waals surface area contributed by atoms with Crippen LogP contribution in [-0.2, 0) is 12.8 Å². The molecule has 0 amide bonds. The van der Waals surface area contributed by atoms with Crippen LogP contribution in [0.4, 0.5) is 8.78 Å². The molecule has 7 rings (SSSR count). The summed E-state index contributed by atoms with van der Waals surface area (Å²) >= 11 is 7.40. The summed E-state index contributed by atoms with van der Waals surface area (Å²) in [5.41, 5.74) is 6.80. The summed E-state index contributed by atoms with van der Waals surface area (Å²) in [5, 5.41) is 0. The Morgan fingerprint density at radius 3 is 0.913 bits per heavy atom. The smallest absolute Gasteiger partial charge is 0.343 e. The van der Waals surface area contributed by atoms with Crippen molar-refractivity contribution in [2.45, 2.75) is 206 Å². The maximum atomic E-state index is 14.4. The molecule has 0 aromatic heterocycles. The third kappa shape index (κ3) is 27.6. The Kier molecular flexibility index (Phi) is 33.8. The fourth-order valence-corrected chi connectivity index (χ4v) is 12.0. The second kappa shape index (κ2) is 42.7. The van der Waals surface area contributed by atoms with Gasteiger partial charge in [-0.05, 0) is 189 Å². The number of carbonyl (C=O) groups excluding carboxylic acids is 2. The van der Waals surface area contributed by atoms with Crippen LogP contribution in [0.1, 0.15) is 213 Å². The summed E-state index contributed by atoms with van der Waals surface area (Å²) in [7, 11) is 0. The van der Waals surface area contributed by atoms with Gasteiger partial charge in [0.05, 0.1) is 46.5 Å². The minimum Gasteiger partial charge on any atom is -0.494 e. The van der Waals surface area contributed by atoms with Crippen LogP contribution in [0, 0.1) is 0 Å². The molecule has 0 radical (unpaired) electrons. The van der Waals surface area contributed by atoms with Crippen LogP contribution in [0.15, 0.2) is 167 Å². The lowest BCUT2D eigenvalue weighted by Gasteiger charge is -2.13. The molecule has 7 aromatic carbocycles. The molecule has 7 aromatic rings. The van der Waals surface area contributed by atoms with Gasteiger partial charge in [0.15, 0.2) is 0 Å². The van der Waals surface area contributed by atoms with Crippen molar-refractivity contribution in [3.8, 4) is 56.8 Å². The van der Waals surface area contributed by atoms with E-state index < -0.39 is 24.3 Å². The fraction of sp³-hybridized carbons (Fsp3) is 0.450. The van der Waals surface area contributed by atoms with Gasteiger partial charge in [-0.25, -0.2) is 18.4 Å². The molecule has 2 atom stereocenters. The first kappa shape index (κ1) is 72.9. The van der Waals surface area contributed by atoms with Gasteiger partial charge in [0.2, 0.25) is 0 Å². The van der Waals surface area contributed by atoms with Crippen molar-refractivity contribution in [2.24, 2.45) is 0 Å². The maximum Gasteiger partial charge on any atom is 0.343 e. The molecular formula is C80H98Br2F2O8. The van der Waals surface area contributed by atoms with Crippen molar-refractivity contribution >= 4 is 43.8 Å². The van der Waals surface area contributed by atoms with Crippen molar-refractivity contribution < 1.29 is 46.8 Å². The highest BCUT2D eigenvalue weighted by Gasteiger charge is 2.15. The molecule has 0 aliphatic rings. The molecule has 0 N–H and O–H groups in total. The minimum absolute atomic E-state index is 0.367. The summed E-state index contributed by atoms with van der Waals surface area (Å²) in [6.45, 7) is 7.07. The number of halogens is 4. The zero-order valence-electron chi connectivity index (χ0n) is 54.6. The Bertz CT molecular complexity index is 2940. The van der Waals surface area contributed by atoms with Crippen molar-refractivity contribution in [2.75, 3.05) is 26.4 Å². The van der Waals surface area contributed by atoms with Crippen LogP contribution in [0.5, 0.6) is 34.5 Å². The van der Waals surface area contributed by atoms with Crippen molar-refractivity contribution in [3.63, 3.8) is 0 Å². The van der Waals surface area contributed by atoms with E-state index in [1.54, 1.807) is 48.5 Å². The monoisotopic (exact) mass is 1380 g/mol. The molecule has 92 heavy (non-hydrogen) atoms. The molecule has 12 heteroatoms. The molecule has 494 valence electrons. The van der Waals surface area contributed by atoms with Crippen LogP contribution in [-0.4, -0.2) is 50.7 Å². The Labute approximate surface area is 565 Å². The number of rotatable bonds is 46. The van der Waals surface area contributed by atoms with Crippen molar-refractivity contribution in [3.05, 3.63) is 189 Å². The normalized spacial score (nSPS) is 11.9. The molecule has 0 saturated carbocycles. The SMILES string of the molecule is CCCCCCC(F)Cc1ccc(C(=O)Oc2ccc(-c3ccc(OCCCCCCCCCCOc4cc(Br)c(OCCCCCCCCCCOc5ccc(-c6ccc(OC(=O)c7ccc(CC(F)CCCCCC)cc7)cc6)cc5)cc4Br)cc3)cc2)cc1. The lowest BCUT2D eigenvalue weighted by atomic mass is 10.0. The van der Waals surface area contributed by atoms with Gasteiger partial charge in [-0.15, -0.1) is 0 Å². The van der Waals surface area contributed by atoms with Gasteiger partial charge in [-0.1, -0.05) is 215 Å². The van der Waals surface area contributed by atoms with E-state index in [0.29, 0.717) is 74.7 Å². The standard InChI is InChI=1S/C80H98Br2F2O8/c1-3-5-7-21-27-69(83)57-61-29-33-67(34-30-61)79(85)91-73-49-41-65(42-50-73)63-37-45-71(46-38-63)87-53-23-17-13-9-11-15-19-25-55-89-77-59-76(82)78(60-75(77)81)90-56-26-20-16-12-10-14-18-24-54-88-72-47-39-64(40-48-72)66-43-51-74(52-44-66)92-80(86)68-35-31-62(32-36-68)58-70(84)28-22-8-6-4-2/h29-52,59-60,69-70H,3-28,53-58H2,1-2H3. The van der Waals surface area contributed by atoms with Crippen LogP contribution in [0.25, 0.3) is 22.3 Å². The summed E-state index contributed by atoms with van der Waals surface area (Å²) in [6, 6.07) is 49.3. The molecule has 0 fully saturated rings. The highest BCUT2D eigenvalue weighted by atomic mass is 79.9. The Morgan fingerprint density at radius 2 is 0.609 bits per heavy atom. The van der Waals surface area contributed by atoms with Gasteiger partial charge in [0.1, 0.15) is 46.8 Å². The number of benzene rings is 7. The molecule has 0 bridgehead atoms. The second-order valence-corrected chi connectivity index (χ2v) is 26.0. The van der Waals surface area contributed by atoms with E-state index in [9.17, 15) is 18.4 Å². The Balaban J connectivity index is 0.635. The Morgan fingerprint density at radius 1 is 0.337 bits per heavy atom. The van der Waals surface area contributed by atoms with E-state index in [1.807, 2.05) is 109 Å². The van der Waals surface area contributed by atoms with E-state index >= 15 is 0 Å². The van der Waals surface area contributed by atoms with Crippen LogP contribution >= 0.6 is 31.9 Å². The number of esters is 2. The van der Waals surface area contributed by atoms with Crippen molar-refractivity contribution in [1.82, 2.24) is 0 Å². The second-order valence-electron chi connectivity index (χ2n) is 24.3. The molecule has 8 nitrogen and oxygen atoms in total. The van der Waals surface area contributed by atoms with Gasteiger partial charge in [-0.2, -0.15) is 0 Å². The predicted octanol–water partition coefficient (Wildman–Crippen LogP) is 23.8. The molecule has 0 heterocycles. The number of hydrogen-bond acceptors (Lipinski definition) is 8. The average Bonchev–Trinajstić information content (AvgIpc) is 1.90. The summed E-state index contributed by atoms with van der Waals surface area (Å²) in [5.74, 6) is 3.45. The lowest BCUT2D eigenvalue weighted by molar-refractivity contribution is 0.0725. The number of hydrogen-bond donors (Lipinski definition) is 0. The van der Waals surface area contributed by atoms with Gasteiger partial charge < -0.3 is 28.4 Å². The van der Waals surface area contributed by atoms with Gasteiger partial charge in [0.25, 0.3) is 0 Å². The van der Waals surface area contributed by atoms with E-state index in [2.05, 4.69) is 45.7 Å². The van der Waals surface area contributed by atoms with E-state index in [1.165, 1.54) is 51.4 Å². The zero-order valence-corrected chi connectivity index (χ0v) is 57.7. The fourth-order valence-electron chi connectivity index (χ4n) is 11.1. The maximum absolute atomic E-state index is 14.4. The highest BCUT2D eigenvalue weighted by Crippen LogP contribution is 2.37. The topological polar surface area (TPSA) is 89.5 Å². The first-order valence-electron chi connectivity index (χ1n) is 34.3. The quantitative estimate of drug-likeness (QED) is 0.0212. The first-order valence-corrected chi connectivity index (χ1v) is 35.9. The van der Waals surface area contributed by atoms with E-state index in [0.717, 1.165) is 168 Å². The Hall–Kier alpha value is -6.50. The zero-order chi connectivity index (χ0) is 64.8. The van der Waals surface area contributed by atoms with Crippen molar-refractivity contribution in [1.29, 1.82) is 0 Å². The molecule has 0 spiro atoms. The lowest BCUT2D eigenvalue weighted by Crippen LogP contribution is -2.09. The molecule has 0 saturated heterocycles.